The monoisotopic (exact) mass is 344 g/mol. The number of hydrogen-bond donors (Lipinski definition) is 1. The van der Waals surface area contributed by atoms with Gasteiger partial charge in [-0.2, -0.15) is 18.2 Å². The van der Waals surface area contributed by atoms with Crippen molar-refractivity contribution in [1.29, 1.82) is 0 Å². The van der Waals surface area contributed by atoms with E-state index in [1.807, 2.05) is 0 Å². The van der Waals surface area contributed by atoms with Crippen LogP contribution in [0.4, 0.5) is 29.3 Å². The second kappa shape index (κ2) is 6.93. The summed E-state index contributed by atoms with van der Waals surface area (Å²) in [5.74, 6) is -0.227. The fourth-order valence-electron chi connectivity index (χ4n) is 1.93. The molecular formula is C14H16F4N6. The van der Waals surface area contributed by atoms with Gasteiger partial charge in [-0.15, -0.1) is 0 Å². The first-order chi connectivity index (χ1) is 11.2. The molecule has 2 rings (SSSR count). The van der Waals surface area contributed by atoms with Crippen LogP contribution in [-0.4, -0.2) is 40.6 Å². The Labute approximate surface area is 136 Å². The molecule has 0 aliphatic carbocycles. The van der Waals surface area contributed by atoms with Gasteiger partial charge in [-0.25, -0.2) is 19.3 Å². The first-order valence-corrected chi connectivity index (χ1v) is 7.02. The van der Waals surface area contributed by atoms with Gasteiger partial charge < -0.3 is 10.2 Å². The zero-order valence-corrected chi connectivity index (χ0v) is 13.3. The van der Waals surface area contributed by atoms with E-state index < -0.39 is 17.7 Å². The molecule has 2 heterocycles. The van der Waals surface area contributed by atoms with Crippen LogP contribution in [0.3, 0.4) is 0 Å². The summed E-state index contributed by atoms with van der Waals surface area (Å²) < 4.78 is 51.7. The second-order valence-corrected chi connectivity index (χ2v) is 5.24. The Morgan fingerprint density at radius 3 is 2.50 bits per heavy atom. The number of aryl methyl sites for hydroxylation is 1. The molecule has 0 unspecified atom stereocenters. The van der Waals surface area contributed by atoms with E-state index in [2.05, 4.69) is 25.3 Å². The van der Waals surface area contributed by atoms with Crippen molar-refractivity contribution in [2.24, 2.45) is 0 Å². The molecule has 24 heavy (non-hydrogen) atoms. The Bertz CT molecular complexity index is 717. The van der Waals surface area contributed by atoms with Gasteiger partial charge >= 0.3 is 6.18 Å². The van der Waals surface area contributed by atoms with Crippen molar-refractivity contribution in [3.63, 3.8) is 0 Å². The summed E-state index contributed by atoms with van der Waals surface area (Å²) in [5.41, 5.74) is -0.738. The maximum Gasteiger partial charge on any atom is 0.433 e. The van der Waals surface area contributed by atoms with Gasteiger partial charge in [0.05, 0.1) is 6.20 Å². The molecule has 0 spiro atoms. The maximum atomic E-state index is 13.5. The number of halogens is 4. The van der Waals surface area contributed by atoms with Crippen molar-refractivity contribution in [3.05, 3.63) is 35.3 Å². The zero-order chi connectivity index (χ0) is 17.9. The third kappa shape index (κ3) is 4.49. The van der Waals surface area contributed by atoms with Gasteiger partial charge in [-0.1, -0.05) is 0 Å². The van der Waals surface area contributed by atoms with E-state index in [4.69, 9.17) is 0 Å². The van der Waals surface area contributed by atoms with Gasteiger partial charge in [-0.05, 0) is 13.0 Å². The molecule has 2 aromatic rings. The number of rotatable bonds is 5. The summed E-state index contributed by atoms with van der Waals surface area (Å²) in [6.45, 7) is 1.68. The Hall–Kier alpha value is -2.52. The van der Waals surface area contributed by atoms with Gasteiger partial charge in [-0.3, -0.25) is 0 Å². The third-order valence-electron chi connectivity index (χ3n) is 2.97. The molecule has 2 aromatic heterocycles. The molecule has 0 amide bonds. The van der Waals surface area contributed by atoms with Crippen LogP contribution in [0.25, 0.3) is 0 Å². The Kier molecular flexibility index (Phi) is 5.15. The molecule has 0 bridgehead atoms. The summed E-state index contributed by atoms with van der Waals surface area (Å²) in [7, 11) is 3.27. The van der Waals surface area contributed by atoms with Crippen LogP contribution in [0.15, 0.2) is 12.3 Å². The highest BCUT2D eigenvalue weighted by Gasteiger charge is 2.33. The fraction of sp³-hybridized carbons (Fsp3) is 0.429. The fourth-order valence-corrected chi connectivity index (χ4v) is 1.93. The maximum absolute atomic E-state index is 13.5. The first-order valence-electron chi connectivity index (χ1n) is 7.02. The lowest BCUT2D eigenvalue weighted by Gasteiger charge is -2.13. The smallest absolute Gasteiger partial charge is 0.360 e. The van der Waals surface area contributed by atoms with E-state index in [1.165, 1.54) is 11.8 Å². The third-order valence-corrected chi connectivity index (χ3v) is 2.97. The van der Waals surface area contributed by atoms with E-state index >= 15 is 0 Å². The molecule has 0 aliphatic heterocycles. The van der Waals surface area contributed by atoms with Crippen LogP contribution in [0.1, 0.15) is 17.2 Å². The van der Waals surface area contributed by atoms with Gasteiger partial charge in [0.15, 0.2) is 11.6 Å². The predicted molar refractivity (Wildman–Crippen MR) is 80.3 cm³/mol. The van der Waals surface area contributed by atoms with E-state index in [0.717, 1.165) is 12.3 Å². The van der Waals surface area contributed by atoms with Crippen LogP contribution >= 0.6 is 0 Å². The Morgan fingerprint density at radius 2 is 1.88 bits per heavy atom. The SMILES string of the molecule is Cc1cc(C(F)(F)F)nc(CCNc2ncc(F)c(N(C)C)n2)n1. The molecule has 0 saturated heterocycles. The largest absolute Gasteiger partial charge is 0.433 e. The molecular weight excluding hydrogens is 328 g/mol. The molecule has 0 saturated carbocycles. The number of nitrogens with zero attached hydrogens (tertiary/aromatic N) is 5. The van der Waals surface area contributed by atoms with Crippen LogP contribution in [0.2, 0.25) is 0 Å². The topological polar surface area (TPSA) is 66.8 Å². The summed E-state index contributed by atoms with van der Waals surface area (Å²) in [4.78, 5) is 16.7. The average Bonchev–Trinajstić information content (AvgIpc) is 2.47. The number of anilines is 2. The summed E-state index contributed by atoms with van der Waals surface area (Å²) in [6, 6.07) is 0.892. The van der Waals surface area contributed by atoms with Crippen LogP contribution in [0, 0.1) is 12.7 Å². The van der Waals surface area contributed by atoms with Crippen molar-refractivity contribution in [2.75, 3.05) is 30.9 Å². The summed E-state index contributed by atoms with van der Waals surface area (Å²) in [6.07, 6.45) is -3.35. The minimum absolute atomic E-state index is 0.0600. The van der Waals surface area contributed by atoms with E-state index in [-0.39, 0.29) is 36.3 Å². The van der Waals surface area contributed by atoms with Crippen LogP contribution in [0.5, 0.6) is 0 Å². The minimum atomic E-state index is -4.52. The molecule has 130 valence electrons. The van der Waals surface area contributed by atoms with Gasteiger partial charge in [0.1, 0.15) is 11.5 Å². The molecule has 10 heteroatoms. The number of alkyl halides is 3. The standard InChI is InChI=1S/C14H16F4N6/c1-8-6-10(14(16,17)18)22-11(21-8)4-5-19-13-20-7-9(15)12(23-13)24(2)3/h6-7H,4-5H2,1-3H3,(H,19,20,23). The van der Waals surface area contributed by atoms with E-state index in [1.54, 1.807) is 14.1 Å². The number of nitrogens with one attached hydrogen (secondary N) is 1. The second-order valence-electron chi connectivity index (χ2n) is 5.24. The quantitative estimate of drug-likeness (QED) is 0.841. The Morgan fingerprint density at radius 1 is 1.17 bits per heavy atom. The predicted octanol–water partition coefficient (Wildman–Crippen LogP) is 2.45. The van der Waals surface area contributed by atoms with Crippen molar-refractivity contribution < 1.29 is 17.6 Å². The molecule has 6 nitrogen and oxygen atoms in total. The van der Waals surface area contributed by atoms with E-state index in [9.17, 15) is 17.6 Å². The molecule has 0 fully saturated rings. The first kappa shape index (κ1) is 17.8. The van der Waals surface area contributed by atoms with Crippen molar-refractivity contribution in [1.82, 2.24) is 19.9 Å². The van der Waals surface area contributed by atoms with E-state index in [0.29, 0.717) is 0 Å². The number of aromatic nitrogens is 4. The number of hydrogen-bond acceptors (Lipinski definition) is 6. The highest BCUT2D eigenvalue weighted by atomic mass is 19.4. The van der Waals surface area contributed by atoms with Crippen molar-refractivity contribution in [3.8, 4) is 0 Å². The lowest BCUT2D eigenvalue weighted by Crippen LogP contribution is -2.17. The minimum Gasteiger partial charge on any atom is -0.360 e. The van der Waals surface area contributed by atoms with Crippen molar-refractivity contribution in [2.45, 2.75) is 19.5 Å². The summed E-state index contributed by atoms with van der Waals surface area (Å²) in [5, 5.41) is 2.82. The molecule has 0 aliphatic rings. The highest BCUT2D eigenvalue weighted by Crippen LogP contribution is 2.27. The molecule has 0 aromatic carbocycles. The lowest BCUT2D eigenvalue weighted by atomic mass is 10.3. The Balaban J connectivity index is 2.05. The molecule has 0 radical (unpaired) electrons. The molecule has 1 N–H and O–H groups in total. The molecule has 0 atom stereocenters. The van der Waals surface area contributed by atoms with Crippen molar-refractivity contribution >= 4 is 11.8 Å². The average molecular weight is 344 g/mol. The van der Waals surface area contributed by atoms with Gasteiger partial charge in [0, 0.05) is 32.8 Å². The summed E-state index contributed by atoms with van der Waals surface area (Å²) >= 11 is 0. The van der Waals surface area contributed by atoms with Gasteiger partial charge in [0.2, 0.25) is 5.95 Å². The normalized spacial score (nSPS) is 11.5. The van der Waals surface area contributed by atoms with Gasteiger partial charge in [0.25, 0.3) is 0 Å². The van der Waals surface area contributed by atoms with Crippen LogP contribution in [-0.2, 0) is 12.6 Å². The van der Waals surface area contributed by atoms with Crippen LogP contribution < -0.4 is 10.2 Å². The highest BCUT2D eigenvalue weighted by molar-refractivity contribution is 5.42. The zero-order valence-electron chi connectivity index (χ0n) is 13.3. The lowest BCUT2D eigenvalue weighted by molar-refractivity contribution is -0.141.